The fourth-order valence-electron chi connectivity index (χ4n) is 5.75. The number of nitrogens with zero attached hydrogens (tertiary/aromatic N) is 3. The molecule has 4 fully saturated rings. The van der Waals surface area contributed by atoms with E-state index in [1.54, 1.807) is 0 Å². The molecular weight excluding hydrogens is 396 g/mol. The number of hydrogen-bond acceptors (Lipinski definition) is 4. The Labute approximate surface area is 181 Å². The van der Waals surface area contributed by atoms with Gasteiger partial charge in [0.2, 0.25) is 11.8 Å². The third-order valence-corrected chi connectivity index (χ3v) is 7.20. The summed E-state index contributed by atoms with van der Waals surface area (Å²) < 4.78 is 0. The van der Waals surface area contributed by atoms with E-state index in [0.29, 0.717) is 31.3 Å². The highest BCUT2D eigenvalue weighted by molar-refractivity contribution is 6.05. The zero-order valence-corrected chi connectivity index (χ0v) is 17.5. The Morgan fingerprint density at radius 2 is 1.87 bits per heavy atom. The molecule has 0 radical (unpaired) electrons. The molecule has 4 heterocycles. The molecule has 5 rings (SSSR count). The molecule has 5 amide bonds. The van der Waals surface area contributed by atoms with Crippen LogP contribution in [0.2, 0.25) is 0 Å². The van der Waals surface area contributed by atoms with Crippen LogP contribution in [0.5, 0.6) is 0 Å². The highest BCUT2D eigenvalue weighted by Crippen LogP contribution is 2.38. The molecule has 1 N–H and O–H groups in total. The molecule has 1 aromatic carbocycles. The molecule has 2 bridgehead atoms. The van der Waals surface area contributed by atoms with Crippen LogP contribution in [-0.4, -0.2) is 70.2 Å². The van der Waals surface area contributed by atoms with Gasteiger partial charge >= 0.3 is 6.03 Å². The smallest absolute Gasteiger partial charge is 0.325 e. The predicted octanol–water partition coefficient (Wildman–Crippen LogP) is 1.36. The van der Waals surface area contributed by atoms with Gasteiger partial charge in [-0.05, 0) is 36.7 Å². The van der Waals surface area contributed by atoms with Crippen molar-refractivity contribution in [3.05, 3.63) is 35.9 Å². The van der Waals surface area contributed by atoms with E-state index < -0.39 is 12.1 Å². The van der Waals surface area contributed by atoms with Gasteiger partial charge in [-0.2, -0.15) is 0 Å². The van der Waals surface area contributed by atoms with E-state index in [-0.39, 0.29) is 36.7 Å². The van der Waals surface area contributed by atoms with Crippen molar-refractivity contribution >= 4 is 23.8 Å². The van der Waals surface area contributed by atoms with Crippen LogP contribution in [0.3, 0.4) is 0 Å². The van der Waals surface area contributed by atoms with Crippen LogP contribution in [-0.2, 0) is 20.9 Å². The molecule has 0 aliphatic carbocycles. The minimum Gasteiger partial charge on any atom is -0.342 e. The van der Waals surface area contributed by atoms with Gasteiger partial charge in [-0.1, -0.05) is 30.3 Å². The van der Waals surface area contributed by atoms with E-state index in [1.807, 2.05) is 40.1 Å². The normalized spacial score (nSPS) is 30.3. The van der Waals surface area contributed by atoms with Crippen molar-refractivity contribution in [1.82, 2.24) is 20.0 Å². The molecular formula is C23H28N4O4. The number of imide groups is 1. The van der Waals surface area contributed by atoms with Crippen molar-refractivity contribution in [1.29, 1.82) is 0 Å². The fourth-order valence-corrected chi connectivity index (χ4v) is 5.75. The summed E-state index contributed by atoms with van der Waals surface area (Å²) in [4.78, 5) is 55.6. The number of piperidine rings is 3. The molecule has 4 aliphatic heterocycles. The summed E-state index contributed by atoms with van der Waals surface area (Å²) in [6, 6.07) is 8.33. The summed E-state index contributed by atoms with van der Waals surface area (Å²) in [5.74, 6) is 0.422. The van der Waals surface area contributed by atoms with E-state index in [0.717, 1.165) is 31.4 Å². The second-order valence-electron chi connectivity index (χ2n) is 9.28. The van der Waals surface area contributed by atoms with Crippen LogP contribution in [0.1, 0.15) is 37.7 Å². The molecule has 8 heteroatoms. The SMILES string of the molecule is O=C(C[C@@H]1NC(=O)N(Cc2ccccc2)C1=O)N1C[C@H]2C[C@@H](C1)C1CCCC(=O)N1C2. The Kier molecular flexibility index (Phi) is 5.16. The first kappa shape index (κ1) is 20.0. The van der Waals surface area contributed by atoms with Crippen molar-refractivity contribution in [2.24, 2.45) is 11.8 Å². The molecule has 8 nitrogen and oxygen atoms in total. The van der Waals surface area contributed by atoms with E-state index >= 15 is 0 Å². The molecule has 0 saturated carbocycles. The van der Waals surface area contributed by atoms with Gasteiger partial charge in [0.25, 0.3) is 5.91 Å². The van der Waals surface area contributed by atoms with Gasteiger partial charge in [0.1, 0.15) is 6.04 Å². The summed E-state index contributed by atoms with van der Waals surface area (Å²) in [6.07, 6.45) is 3.62. The van der Waals surface area contributed by atoms with E-state index in [2.05, 4.69) is 5.32 Å². The quantitative estimate of drug-likeness (QED) is 0.739. The van der Waals surface area contributed by atoms with Crippen LogP contribution < -0.4 is 5.32 Å². The molecule has 0 spiro atoms. The van der Waals surface area contributed by atoms with Gasteiger partial charge in [0.15, 0.2) is 0 Å². The Morgan fingerprint density at radius 3 is 2.68 bits per heavy atom. The molecule has 1 unspecified atom stereocenters. The van der Waals surface area contributed by atoms with Crippen molar-refractivity contribution in [3.8, 4) is 0 Å². The number of carbonyl (C=O) groups is 4. The maximum absolute atomic E-state index is 13.1. The van der Waals surface area contributed by atoms with Gasteiger partial charge in [-0.15, -0.1) is 0 Å². The van der Waals surface area contributed by atoms with Crippen LogP contribution in [0.25, 0.3) is 0 Å². The number of amides is 5. The first-order valence-electron chi connectivity index (χ1n) is 11.2. The number of carbonyl (C=O) groups excluding carboxylic acids is 4. The lowest BCUT2D eigenvalue weighted by molar-refractivity contribution is -0.149. The number of hydrogen-bond donors (Lipinski definition) is 1. The molecule has 31 heavy (non-hydrogen) atoms. The number of rotatable bonds is 4. The summed E-state index contributed by atoms with van der Waals surface area (Å²) in [6.45, 7) is 2.18. The number of likely N-dealkylation sites (tertiary alicyclic amines) is 1. The van der Waals surface area contributed by atoms with Gasteiger partial charge in [0, 0.05) is 32.1 Å². The van der Waals surface area contributed by atoms with Gasteiger partial charge in [0.05, 0.1) is 13.0 Å². The topological polar surface area (TPSA) is 90.0 Å². The molecule has 0 aromatic heterocycles. The van der Waals surface area contributed by atoms with Gasteiger partial charge < -0.3 is 15.1 Å². The number of nitrogens with one attached hydrogen (secondary N) is 1. The number of urea groups is 1. The van der Waals surface area contributed by atoms with E-state index in [1.165, 1.54) is 4.90 Å². The van der Waals surface area contributed by atoms with Gasteiger partial charge in [-0.3, -0.25) is 19.3 Å². The monoisotopic (exact) mass is 424 g/mol. The summed E-state index contributed by atoms with van der Waals surface area (Å²) in [5, 5.41) is 2.68. The van der Waals surface area contributed by atoms with Crippen LogP contribution in [0.4, 0.5) is 4.79 Å². The Morgan fingerprint density at radius 1 is 1.06 bits per heavy atom. The van der Waals surface area contributed by atoms with E-state index in [9.17, 15) is 19.2 Å². The van der Waals surface area contributed by atoms with E-state index in [4.69, 9.17) is 0 Å². The number of benzene rings is 1. The summed E-state index contributed by atoms with van der Waals surface area (Å²) in [7, 11) is 0. The Bertz CT molecular complexity index is 904. The van der Waals surface area contributed by atoms with Crippen molar-refractivity contribution in [2.75, 3.05) is 19.6 Å². The lowest BCUT2D eigenvalue weighted by Crippen LogP contribution is -2.61. The van der Waals surface area contributed by atoms with Crippen LogP contribution in [0.15, 0.2) is 30.3 Å². The number of fused-ring (bicyclic) bond motifs is 4. The Balaban J connectivity index is 1.21. The lowest BCUT2D eigenvalue weighted by Gasteiger charge is -2.52. The predicted molar refractivity (Wildman–Crippen MR) is 111 cm³/mol. The first-order chi connectivity index (χ1) is 15.0. The average molecular weight is 425 g/mol. The van der Waals surface area contributed by atoms with Crippen molar-refractivity contribution < 1.29 is 19.2 Å². The van der Waals surface area contributed by atoms with Gasteiger partial charge in [-0.25, -0.2) is 4.79 Å². The summed E-state index contributed by atoms with van der Waals surface area (Å²) in [5.41, 5.74) is 0.869. The molecule has 4 saturated heterocycles. The van der Waals surface area contributed by atoms with Crippen molar-refractivity contribution in [2.45, 2.75) is 50.7 Å². The summed E-state index contributed by atoms with van der Waals surface area (Å²) >= 11 is 0. The maximum Gasteiger partial charge on any atom is 0.325 e. The minimum absolute atomic E-state index is 0.0113. The first-order valence-corrected chi connectivity index (χ1v) is 11.2. The minimum atomic E-state index is -0.807. The molecule has 4 atom stereocenters. The maximum atomic E-state index is 13.1. The third-order valence-electron chi connectivity index (χ3n) is 7.20. The molecule has 164 valence electrons. The third kappa shape index (κ3) is 3.79. The molecule has 4 aliphatic rings. The zero-order chi connectivity index (χ0) is 21.5. The zero-order valence-electron chi connectivity index (χ0n) is 17.5. The Hall–Kier alpha value is -2.90. The second kappa shape index (κ2) is 7.98. The standard InChI is InChI=1S/C23H28N4O4/c28-20-8-4-7-19-17-9-16(13-26(19)20)11-25(14-17)21(29)10-18-22(30)27(23(31)24-18)12-15-5-2-1-3-6-15/h1-3,5-6,16-19H,4,7-14H2,(H,24,31)/t16-,17+,18+,19?/m1/s1. The largest absolute Gasteiger partial charge is 0.342 e. The highest BCUT2D eigenvalue weighted by atomic mass is 16.2. The highest BCUT2D eigenvalue weighted by Gasteiger charge is 2.46. The average Bonchev–Trinajstić information content (AvgIpc) is 3.02. The molecule has 1 aromatic rings. The van der Waals surface area contributed by atoms with Crippen LogP contribution in [0, 0.1) is 11.8 Å². The van der Waals surface area contributed by atoms with Crippen LogP contribution >= 0.6 is 0 Å². The second-order valence-corrected chi connectivity index (χ2v) is 9.28. The van der Waals surface area contributed by atoms with Crippen molar-refractivity contribution in [3.63, 3.8) is 0 Å². The lowest BCUT2D eigenvalue weighted by atomic mass is 9.76. The fraction of sp³-hybridized carbons (Fsp3) is 0.565.